The Morgan fingerprint density at radius 3 is 2.12 bits per heavy atom. The Morgan fingerprint density at radius 2 is 1.56 bits per heavy atom. The molecule has 5 rings (SSSR count). The van der Waals surface area contributed by atoms with Crippen LogP contribution in [-0.2, 0) is 17.7 Å². The van der Waals surface area contributed by atoms with E-state index in [0.717, 1.165) is 0 Å². The van der Waals surface area contributed by atoms with Crippen LogP contribution in [0.3, 0.4) is 0 Å². The van der Waals surface area contributed by atoms with Crippen LogP contribution in [0.4, 0.5) is 0 Å². The largest absolute Gasteiger partial charge is 0.414 e. The minimum Gasteiger partial charge on any atom is -0.414 e. The molecule has 1 aromatic carbocycles. The first-order chi connectivity index (χ1) is 20.3. The molecule has 4 heterocycles. The molecule has 11 nitrogen and oxygen atoms in total. The fraction of sp³-hybridized carbons (Fsp3) is 0.633. The molecule has 3 aliphatic heterocycles. The van der Waals surface area contributed by atoms with Gasteiger partial charge in [0.05, 0.1) is 13.2 Å². The van der Waals surface area contributed by atoms with Gasteiger partial charge < -0.3 is 17.7 Å². The summed E-state index contributed by atoms with van der Waals surface area (Å²) in [5.41, 5.74) is -1.88. The van der Waals surface area contributed by atoms with Crippen molar-refractivity contribution >= 4 is 23.0 Å². The number of carbonyl (C=O) groups excluding carboxylic acids is 1. The van der Waals surface area contributed by atoms with Gasteiger partial charge in [-0.15, -0.1) is 0 Å². The molecule has 0 radical (unpaired) electrons. The van der Waals surface area contributed by atoms with Crippen LogP contribution in [0, 0.1) is 0 Å². The van der Waals surface area contributed by atoms with Crippen LogP contribution in [0.15, 0.2) is 62.4 Å². The fourth-order valence-corrected chi connectivity index (χ4v) is 18.2. The van der Waals surface area contributed by atoms with Crippen molar-refractivity contribution in [3.05, 3.63) is 69.0 Å². The first kappa shape index (κ1) is 31.9. The maximum Gasteiger partial charge on any atom is 0.340 e. The third kappa shape index (κ3) is 5.07. The van der Waals surface area contributed by atoms with Crippen molar-refractivity contribution in [3.63, 3.8) is 0 Å². The molecule has 0 N–H and O–H groups in total. The SMILES string of the molecule is CC(C)[Si]1(C(C)C)OC[C@H]2O[C@@H](n3ccc(=O)n(C(=O)c4ccccc4)c3=O)[C@@]3(CCN=N3)[C@@H]2O[Si](C(C)C)(C(C)C)O1. The van der Waals surface area contributed by atoms with Crippen molar-refractivity contribution in [1.29, 1.82) is 0 Å². The van der Waals surface area contributed by atoms with Gasteiger partial charge in [-0.2, -0.15) is 14.8 Å². The third-order valence-corrected chi connectivity index (χ3v) is 19.5. The highest BCUT2D eigenvalue weighted by Crippen LogP contribution is 2.53. The number of fused-ring (bicyclic) bond motifs is 2. The van der Waals surface area contributed by atoms with Gasteiger partial charge in [-0.3, -0.25) is 14.2 Å². The highest BCUT2D eigenvalue weighted by atomic mass is 28.5. The summed E-state index contributed by atoms with van der Waals surface area (Å²) in [6, 6.07) is 9.47. The van der Waals surface area contributed by atoms with Gasteiger partial charge in [-0.25, -0.2) is 4.79 Å². The number of hydrogen-bond acceptors (Lipinski definition) is 9. The van der Waals surface area contributed by atoms with Gasteiger partial charge in [0.25, 0.3) is 11.5 Å². The maximum absolute atomic E-state index is 14.0. The van der Waals surface area contributed by atoms with Crippen molar-refractivity contribution in [3.8, 4) is 0 Å². The minimum atomic E-state index is -3.03. The molecule has 2 aromatic rings. The van der Waals surface area contributed by atoms with Crippen LogP contribution in [0.5, 0.6) is 0 Å². The van der Waals surface area contributed by atoms with Gasteiger partial charge >= 0.3 is 22.8 Å². The maximum atomic E-state index is 14.0. The van der Waals surface area contributed by atoms with E-state index in [9.17, 15) is 14.4 Å². The summed E-state index contributed by atoms with van der Waals surface area (Å²) in [4.78, 5) is 40.2. The van der Waals surface area contributed by atoms with Gasteiger partial charge in [0.1, 0.15) is 12.2 Å². The van der Waals surface area contributed by atoms with E-state index < -0.39 is 58.3 Å². The van der Waals surface area contributed by atoms with Crippen molar-refractivity contribution < 1.29 is 22.5 Å². The zero-order valence-corrected chi connectivity index (χ0v) is 28.4. The summed E-state index contributed by atoms with van der Waals surface area (Å²) in [5.74, 6) is -0.709. The second-order valence-corrected chi connectivity index (χ2v) is 21.9. The smallest absolute Gasteiger partial charge is 0.340 e. The Hall–Kier alpha value is -2.56. The van der Waals surface area contributed by atoms with E-state index >= 15 is 0 Å². The summed E-state index contributed by atoms with van der Waals surface area (Å²) in [6.45, 7) is 17.8. The molecule has 0 bridgehead atoms. The minimum absolute atomic E-state index is 0.0850. The van der Waals surface area contributed by atoms with Gasteiger partial charge in [-0.05, 0) is 34.3 Å². The van der Waals surface area contributed by atoms with E-state index in [-0.39, 0.29) is 34.3 Å². The van der Waals surface area contributed by atoms with Crippen LogP contribution in [-0.4, -0.2) is 63.1 Å². The summed E-state index contributed by atoms with van der Waals surface area (Å²) < 4.78 is 30.2. The third-order valence-electron chi connectivity index (χ3n) is 9.24. The average molecular weight is 629 g/mol. The first-order valence-electron chi connectivity index (χ1n) is 15.3. The standard InChI is InChI=1S/C30H44N4O7Si2/c1-19(2)42(20(3)4)38-18-24-26(40-43(41-42,21(5)6)22(7)8)30(15-16-31-32-30)28(39-24)33-17-14-25(35)34(29(33)37)27(36)23-12-10-9-11-13-23/h9-14,17,19-22,24,26,28H,15-16,18H2,1-8H3/t24-,26-,28-,30-/m1/s1. The predicted octanol–water partition coefficient (Wildman–Crippen LogP) is 5.15. The topological polar surface area (TPSA) is 123 Å². The van der Waals surface area contributed by atoms with E-state index in [0.29, 0.717) is 17.5 Å². The second-order valence-electron chi connectivity index (χ2n) is 13.1. The zero-order chi connectivity index (χ0) is 31.3. The van der Waals surface area contributed by atoms with E-state index in [1.54, 1.807) is 30.3 Å². The molecule has 0 aliphatic carbocycles. The number of aromatic nitrogens is 2. The number of rotatable bonds is 6. The molecule has 4 atom stereocenters. The molecule has 0 amide bonds. The quantitative estimate of drug-likeness (QED) is 0.406. The van der Waals surface area contributed by atoms with Crippen LogP contribution in [0.1, 0.15) is 78.4 Å². The molecular weight excluding hydrogens is 585 g/mol. The number of ether oxygens (including phenoxy) is 1. The fourth-order valence-electron chi connectivity index (χ4n) is 6.95. The predicted molar refractivity (Wildman–Crippen MR) is 166 cm³/mol. The number of nitrogens with zero attached hydrogens (tertiary/aromatic N) is 4. The first-order valence-corrected chi connectivity index (χ1v) is 19.2. The van der Waals surface area contributed by atoms with Crippen molar-refractivity contribution in [2.75, 3.05) is 13.2 Å². The molecule has 2 fully saturated rings. The lowest BCUT2D eigenvalue weighted by Crippen LogP contribution is -2.66. The molecule has 43 heavy (non-hydrogen) atoms. The molecule has 1 aromatic heterocycles. The second kappa shape index (κ2) is 11.7. The number of azo groups is 1. The lowest BCUT2D eigenvalue weighted by molar-refractivity contribution is -0.0580. The highest BCUT2D eigenvalue weighted by Gasteiger charge is 2.67. The van der Waals surface area contributed by atoms with Gasteiger partial charge in [0, 0.05) is 24.2 Å². The Kier molecular flexibility index (Phi) is 8.70. The molecule has 2 saturated heterocycles. The molecule has 234 valence electrons. The molecule has 0 unspecified atom stereocenters. The van der Waals surface area contributed by atoms with E-state index in [1.807, 2.05) is 0 Å². The lowest BCUT2D eigenvalue weighted by atomic mass is 9.88. The number of hydrogen-bond donors (Lipinski definition) is 0. The van der Waals surface area contributed by atoms with Crippen molar-refractivity contribution in [2.24, 2.45) is 10.2 Å². The summed E-state index contributed by atoms with van der Waals surface area (Å²) in [5, 5.41) is 9.10. The van der Waals surface area contributed by atoms with Crippen LogP contribution >= 0.6 is 0 Å². The molecule has 3 aliphatic rings. The Morgan fingerprint density at radius 1 is 0.930 bits per heavy atom. The zero-order valence-electron chi connectivity index (χ0n) is 26.4. The van der Waals surface area contributed by atoms with Gasteiger partial charge in [0.15, 0.2) is 11.8 Å². The van der Waals surface area contributed by atoms with Crippen molar-refractivity contribution in [2.45, 2.75) is 108 Å². The highest BCUT2D eigenvalue weighted by molar-refractivity contribution is 6.84. The van der Waals surface area contributed by atoms with Gasteiger partial charge in [0.2, 0.25) is 0 Å². The summed E-state index contributed by atoms with van der Waals surface area (Å²) >= 11 is 0. The van der Waals surface area contributed by atoms with Gasteiger partial charge in [-0.1, -0.05) is 73.6 Å². The van der Waals surface area contributed by atoms with E-state index in [2.05, 4.69) is 60.5 Å². The Balaban J connectivity index is 1.65. The normalized spacial score (nSPS) is 28.1. The molecule has 0 saturated carbocycles. The Labute approximate surface area is 254 Å². The number of benzene rings is 1. The summed E-state index contributed by atoms with van der Waals surface area (Å²) in [7, 11) is -5.86. The molecular formula is C30H44N4O7Si2. The monoisotopic (exact) mass is 628 g/mol. The van der Waals surface area contributed by atoms with E-state index in [1.165, 1.54) is 16.8 Å². The molecule has 13 heteroatoms. The van der Waals surface area contributed by atoms with Crippen LogP contribution < -0.4 is 11.2 Å². The average Bonchev–Trinajstić information content (AvgIpc) is 3.54. The van der Waals surface area contributed by atoms with Crippen LogP contribution in [0.25, 0.3) is 0 Å². The lowest BCUT2D eigenvalue weighted by Gasteiger charge is -2.52. The van der Waals surface area contributed by atoms with Crippen LogP contribution in [0.2, 0.25) is 22.2 Å². The summed E-state index contributed by atoms with van der Waals surface area (Å²) in [6.07, 6.45) is -0.305. The van der Waals surface area contributed by atoms with Crippen molar-refractivity contribution in [1.82, 2.24) is 9.13 Å². The number of carbonyl (C=O) groups is 1. The Bertz CT molecular complexity index is 1470. The molecule has 1 spiro atoms. The van der Waals surface area contributed by atoms with E-state index in [4.69, 9.17) is 22.8 Å².